The summed E-state index contributed by atoms with van der Waals surface area (Å²) in [5, 5.41) is 3.00. The van der Waals surface area contributed by atoms with E-state index in [0.29, 0.717) is 18.0 Å². The maximum Gasteiger partial charge on any atom is 0.243 e. The first kappa shape index (κ1) is 14.9. The Bertz CT molecular complexity index is 524. The highest BCUT2D eigenvalue weighted by Gasteiger charge is 2.20. The number of sulfonamides is 1. The van der Waals surface area contributed by atoms with Crippen LogP contribution in [0.25, 0.3) is 0 Å². The van der Waals surface area contributed by atoms with Crippen LogP contribution in [0.2, 0.25) is 0 Å². The molecule has 5 heteroatoms. The Balaban J connectivity index is 3.04. The number of rotatable bonds is 6. The van der Waals surface area contributed by atoms with E-state index in [-0.39, 0.29) is 0 Å². The van der Waals surface area contributed by atoms with Gasteiger partial charge in [-0.2, -0.15) is 4.31 Å². The minimum absolute atomic E-state index is 0.319. The van der Waals surface area contributed by atoms with E-state index < -0.39 is 10.0 Å². The third-order valence-electron chi connectivity index (χ3n) is 2.48. The highest BCUT2D eigenvalue weighted by atomic mass is 32.2. The van der Waals surface area contributed by atoms with Crippen molar-refractivity contribution in [3.05, 3.63) is 42.0 Å². The van der Waals surface area contributed by atoms with E-state index in [1.54, 1.807) is 25.2 Å². The molecule has 1 N–H and O–H groups in total. The topological polar surface area (TPSA) is 49.4 Å². The van der Waals surface area contributed by atoms with E-state index in [4.69, 9.17) is 0 Å². The van der Waals surface area contributed by atoms with Crippen LogP contribution in [-0.2, 0) is 16.6 Å². The van der Waals surface area contributed by atoms with Crippen molar-refractivity contribution in [1.29, 1.82) is 0 Å². The van der Waals surface area contributed by atoms with Gasteiger partial charge < -0.3 is 5.32 Å². The summed E-state index contributed by atoms with van der Waals surface area (Å²) in [4.78, 5) is 0.319. The molecule has 0 aliphatic heterocycles. The van der Waals surface area contributed by atoms with Crippen LogP contribution in [-0.4, -0.2) is 33.4 Å². The Morgan fingerprint density at radius 3 is 2.67 bits per heavy atom. The predicted octanol–water partition coefficient (Wildman–Crippen LogP) is 1.60. The molecule has 0 aliphatic rings. The molecule has 1 rings (SSSR count). The lowest BCUT2D eigenvalue weighted by Gasteiger charge is -2.17. The average molecular weight is 268 g/mol. The van der Waals surface area contributed by atoms with Crippen LogP contribution in [0.1, 0.15) is 12.5 Å². The molecule has 0 amide bonds. The SMILES string of the molecule is C=C(C)CN(C)S(=O)(=O)c1cccc(CNC)c1. The molecule has 1 aromatic rings. The van der Waals surface area contributed by atoms with E-state index in [1.165, 1.54) is 4.31 Å². The number of hydrogen-bond donors (Lipinski definition) is 1. The molecule has 0 saturated heterocycles. The van der Waals surface area contributed by atoms with E-state index in [2.05, 4.69) is 11.9 Å². The second-order valence-electron chi connectivity index (χ2n) is 4.40. The first-order valence-electron chi connectivity index (χ1n) is 5.72. The fourth-order valence-electron chi connectivity index (χ4n) is 1.67. The molecule has 0 atom stereocenters. The first-order chi connectivity index (χ1) is 8.37. The van der Waals surface area contributed by atoms with E-state index >= 15 is 0 Å². The molecule has 0 aromatic heterocycles. The third kappa shape index (κ3) is 3.66. The maximum atomic E-state index is 12.3. The van der Waals surface area contributed by atoms with Crippen molar-refractivity contribution in [2.45, 2.75) is 18.4 Å². The quantitative estimate of drug-likeness (QED) is 0.797. The summed E-state index contributed by atoms with van der Waals surface area (Å²) in [5.41, 5.74) is 1.76. The second kappa shape index (κ2) is 6.13. The largest absolute Gasteiger partial charge is 0.316 e. The monoisotopic (exact) mass is 268 g/mol. The number of nitrogens with zero attached hydrogens (tertiary/aromatic N) is 1. The summed E-state index contributed by atoms with van der Waals surface area (Å²) in [5.74, 6) is 0. The Labute approximate surface area is 109 Å². The average Bonchev–Trinajstić information content (AvgIpc) is 2.29. The zero-order chi connectivity index (χ0) is 13.8. The van der Waals surface area contributed by atoms with Crippen LogP contribution in [0.15, 0.2) is 41.3 Å². The molecular formula is C13H20N2O2S. The Kier molecular flexibility index (Phi) is 5.07. The fourth-order valence-corrected chi connectivity index (χ4v) is 2.97. The zero-order valence-electron chi connectivity index (χ0n) is 11.1. The molecule has 0 aliphatic carbocycles. The van der Waals surface area contributed by atoms with Crippen LogP contribution in [0.5, 0.6) is 0 Å². The summed E-state index contributed by atoms with van der Waals surface area (Å²) in [7, 11) is -0.0381. The molecule has 0 heterocycles. The van der Waals surface area contributed by atoms with Gasteiger partial charge in [0.2, 0.25) is 10.0 Å². The van der Waals surface area contributed by atoms with Crippen LogP contribution in [0.3, 0.4) is 0 Å². The van der Waals surface area contributed by atoms with E-state index in [0.717, 1.165) is 11.1 Å². The molecule has 4 nitrogen and oxygen atoms in total. The van der Waals surface area contributed by atoms with Crippen molar-refractivity contribution in [2.75, 3.05) is 20.6 Å². The minimum atomic E-state index is -3.43. The number of likely N-dealkylation sites (N-methyl/N-ethyl adjacent to an activating group) is 1. The second-order valence-corrected chi connectivity index (χ2v) is 6.44. The van der Waals surface area contributed by atoms with Gasteiger partial charge in [0.15, 0.2) is 0 Å². The van der Waals surface area contributed by atoms with Gasteiger partial charge in [-0.15, -0.1) is 0 Å². The highest BCUT2D eigenvalue weighted by molar-refractivity contribution is 7.89. The lowest BCUT2D eigenvalue weighted by molar-refractivity contribution is 0.493. The Morgan fingerprint density at radius 2 is 2.11 bits per heavy atom. The summed E-state index contributed by atoms with van der Waals surface area (Å²) in [6, 6.07) is 6.96. The molecule has 0 saturated carbocycles. The molecule has 100 valence electrons. The van der Waals surface area contributed by atoms with Crippen LogP contribution in [0.4, 0.5) is 0 Å². The van der Waals surface area contributed by atoms with E-state index in [9.17, 15) is 8.42 Å². The maximum absolute atomic E-state index is 12.3. The van der Waals surface area contributed by atoms with Crippen molar-refractivity contribution < 1.29 is 8.42 Å². The first-order valence-corrected chi connectivity index (χ1v) is 7.16. The molecule has 0 unspecified atom stereocenters. The summed E-state index contributed by atoms with van der Waals surface area (Å²) >= 11 is 0. The standard InChI is InChI=1S/C13H20N2O2S/c1-11(2)10-15(4)18(16,17)13-7-5-6-12(8-13)9-14-3/h5-8,14H,1,9-10H2,2-4H3. The van der Waals surface area contributed by atoms with E-state index in [1.807, 2.05) is 20.0 Å². The smallest absolute Gasteiger partial charge is 0.243 e. The lowest BCUT2D eigenvalue weighted by atomic mass is 10.2. The van der Waals surface area contributed by atoms with Gasteiger partial charge in [-0.05, 0) is 31.7 Å². The molecular weight excluding hydrogens is 248 g/mol. The lowest BCUT2D eigenvalue weighted by Crippen LogP contribution is -2.28. The number of benzene rings is 1. The van der Waals surface area contributed by atoms with Crippen LogP contribution >= 0.6 is 0 Å². The molecule has 0 bridgehead atoms. The number of hydrogen-bond acceptors (Lipinski definition) is 3. The van der Waals surface area contributed by atoms with Crippen molar-refractivity contribution in [2.24, 2.45) is 0 Å². The van der Waals surface area contributed by atoms with Gasteiger partial charge in [-0.3, -0.25) is 0 Å². The third-order valence-corrected chi connectivity index (χ3v) is 4.28. The highest BCUT2D eigenvalue weighted by Crippen LogP contribution is 2.16. The van der Waals surface area contributed by atoms with Crippen molar-refractivity contribution in [3.8, 4) is 0 Å². The summed E-state index contributed by atoms with van der Waals surface area (Å²) in [6.07, 6.45) is 0. The van der Waals surface area contributed by atoms with Crippen molar-refractivity contribution >= 4 is 10.0 Å². The predicted molar refractivity (Wildman–Crippen MR) is 73.8 cm³/mol. The van der Waals surface area contributed by atoms with Crippen molar-refractivity contribution in [3.63, 3.8) is 0 Å². The van der Waals surface area contributed by atoms with Gasteiger partial charge in [0.1, 0.15) is 0 Å². The van der Waals surface area contributed by atoms with Gasteiger partial charge >= 0.3 is 0 Å². The van der Waals surface area contributed by atoms with Crippen LogP contribution in [0, 0.1) is 0 Å². The van der Waals surface area contributed by atoms with Gasteiger partial charge in [0.25, 0.3) is 0 Å². The molecule has 0 radical (unpaired) electrons. The zero-order valence-corrected chi connectivity index (χ0v) is 11.9. The fraction of sp³-hybridized carbons (Fsp3) is 0.385. The normalized spacial score (nSPS) is 11.8. The Hall–Kier alpha value is -1.17. The van der Waals surface area contributed by atoms with Gasteiger partial charge in [0, 0.05) is 20.1 Å². The summed E-state index contributed by atoms with van der Waals surface area (Å²) in [6.45, 7) is 6.52. The van der Waals surface area contributed by atoms with Gasteiger partial charge in [0.05, 0.1) is 4.90 Å². The molecule has 1 aromatic carbocycles. The minimum Gasteiger partial charge on any atom is -0.316 e. The Morgan fingerprint density at radius 1 is 1.44 bits per heavy atom. The molecule has 0 fully saturated rings. The summed E-state index contributed by atoms with van der Waals surface area (Å²) < 4.78 is 25.9. The number of nitrogens with one attached hydrogen (secondary N) is 1. The van der Waals surface area contributed by atoms with Gasteiger partial charge in [-0.25, -0.2) is 8.42 Å². The molecule has 0 spiro atoms. The van der Waals surface area contributed by atoms with Crippen LogP contribution < -0.4 is 5.32 Å². The van der Waals surface area contributed by atoms with Gasteiger partial charge in [-0.1, -0.05) is 24.3 Å². The van der Waals surface area contributed by atoms with Crippen molar-refractivity contribution in [1.82, 2.24) is 9.62 Å². The molecule has 18 heavy (non-hydrogen) atoms.